The lowest BCUT2D eigenvalue weighted by Gasteiger charge is -2.50. The lowest BCUT2D eigenvalue weighted by atomic mass is 9.61. The largest absolute Gasteiger partial charge is 0.492 e. The van der Waals surface area contributed by atoms with E-state index in [1.807, 2.05) is 43.5 Å². The number of ether oxygens (including phenoxy) is 2. The number of hydrogen-bond donors (Lipinski definition) is 3. The van der Waals surface area contributed by atoms with Gasteiger partial charge in [-0.2, -0.15) is 0 Å². The minimum atomic E-state index is -0.00505. The van der Waals surface area contributed by atoms with Gasteiger partial charge >= 0.3 is 0 Å². The van der Waals surface area contributed by atoms with Crippen molar-refractivity contribution in [3.63, 3.8) is 0 Å². The van der Waals surface area contributed by atoms with Crippen molar-refractivity contribution >= 4 is 23.5 Å². The Hall–Kier alpha value is -3.65. The van der Waals surface area contributed by atoms with E-state index in [1.165, 1.54) is 0 Å². The standard InChI is InChI=1S/C29H35N5O3/c1-19(6-10-31-20(2)30)25-18-33-27(24-7-11-37-26(24)25)32-17-21-4-3-5-22(14-21)28(35)34-23-15-29(16-23)8-12-36-13-9-29/h3-6,10,14,18,23H,2,7-9,11-13,15-17,30H2,1H3,(H,32,33)(H,34,35)/b19-6+,31-10-. The number of nitrogens with two attached hydrogens (primary N) is 1. The maximum atomic E-state index is 12.9. The summed E-state index contributed by atoms with van der Waals surface area (Å²) < 4.78 is 11.4. The van der Waals surface area contributed by atoms with Crippen molar-refractivity contribution in [3.8, 4) is 5.75 Å². The van der Waals surface area contributed by atoms with Gasteiger partial charge in [0.25, 0.3) is 5.91 Å². The number of nitrogens with zero attached hydrogens (tertiary/aromatic N) is 2. The van der Waals surface area contributed by atoms with Gasteiger partial charge in [-0.05, 0) is 67.4 Å². The summed E-state index contributed by atoms with van der Waals surface area (Å²) in [7, 11) is 0. The van der Waals surface area contributed by atoms with E-state index < -0.39 is 0 Å². The maximum absolute atomic E-state index is 12.9. The Morgan fingerprint density at radius 3 is 2.89 bits per heavy atom. The smallest absolute Gasteiger partial charge is 0.251 e. The minimum Gasteiger partial charge on any atom is -0.492 e. The molecule has 2 aromatic rings. The molecule has 5 rings (SSSR count). The van der Waals surface area contributed by atoms with Crippen LogP contribution in [0.25, 0.3) is 5.57 Å². The van der Waals surface area contributed by atoms with E-state index in [4.69, 9.17) is 15.2 Å². The second-order valence-corrected chi connectivity index (χ2v) is 10.3. The van der Waals surface area contributed by atoms with Crippen LogP contribution in [0.3, 0.4) is 0 Å². The average molecular weight is 502 g/mol. The van der Waals surface area contributed by atoms with E-state index in [0.29, 0.717) is 24.1 Å². The van der Waals surface area contributed by atoms with Crippen LogP contribution < -0.4 is 21.1 Å². The SMILES string of the molecule is C=C(N)/N=C\C=C(/C)c1cnc(NCc2cccc(C(=O)NC3CC4(CCOCC4)C3)c2)c2c1OCC2. The molecule has 37 heavy (non-hydrogen) atoms. The highest BCUT2D eigenvalue weighted by Crippen LogP contribution is 2.48. The lowest BCUT2D eigenvalue weighted by Crippen LogP contribution is -2.52. The molecular formula is C29H35N5O3. The second kappa shape index (κ2) is 10.8. The number of carbonyl (C=O) groups excluding carboxylic acids is 1. The van der Waals surface area contributed by atoms with Gasteiger partial charge in [0.2, 0.25) is 0 Å². The summed E-state index contributed by atoms with van der Waals surface area (Å²) in [6.07, 6.45) is 10.4. The Kier molecular flexibility index (Phi) is 7.28. The molecule has 1 spiro atoms. The molecule has 1 aromatic carbocycles. The van der Waals surface area contributed by atoms with Crippen LogP contribution in [0.5, 0.6) is 5.75 Å². The van der Waals surface area contributed by atoms with Gasteiger partial charge in [-0.25, -0.2) is 9.98 Å². The molecular weight excluding hydrogens is 466 g/mol. The van der Waals surface area contributed by atoms with Crippen molar-refractivity contribution in [1.29, 1.82) is 0 Å². The number of amides is 1. The number of aliphatic imine (C=N–C) groups is 1. The molecule has 8 heteroatoms. The van der Waals surface area contributed by atoms with Gasteiger partial charge in [0.05, 0.1) is 6.61 Å². The Bertz CT molecular complexity index is 1240. The zero-order chi connectivity index (χ0) is 25.8. The normalized spacial score (nSPS) is 18.8. The molecule has 0 radical (unpaired) electrons. The molecule has 2 aliphatic heterocycles. The zero-order valence-corrected chi connectivity index (χ0v) is 21.4. The van der Waals surface area contributed by atoms with Crippen molar-refractivity contribution in [1.82, 2.24) is 10.3 Å². The van der Waals surface area contributed by atoms with E-state index in [1.54, 1.807) is 6.21 Å². The van der Waals surface area contributed by atoms with Crippen molar-refractivity contribution in [3.05, 3.63) is 71.2 Å². The van der Waals surface area contributed by atoms with Crippen LogP contribution in [-0.4, -0.2) is 43.0 Å². The first-order valence-electron chi connectivity index (χ1n) is 12.9. The van der Waals surface area contributed by atoms with Gasteiger partial charge in [0, 0.05) is 61.3 Å². The highest BCUT2D eigenvalue weighted by Gasteiger charge is 2.45. The highest BCUT2D eigenvalue weighted by atomic mass is 16.5. The first-order valence-corrected chi connectivity index (χ1v) is 12.9. The van der Waals surface area contributed by atoms with Crippen LogP contribution in [-0.2, 0) is 17.7 Å². The van der Waals surface area contributed by atoms with E-state index in [9.17, 15) is 4.79 Å². The fourth-order valence-corrected chi connectivity index (χ4v) is 5.53. The number of hydrogen-bond acceptors (Lipinski definition) is 7. The van der Waals surface area contributed by atoms with Gasteiger partial charge in [-0.15, -0.1) is 0 Å². The van der Waals surface area contributed by atoms with E-state index in [2.05, 4.69) is 27.2 Å². The fraction of sp³-hybridized carbons (Fsp3) is 0.414. The Labute approximate surface area is 218 Å². The third-order valence-electron chi connectivity index (χ3n) is 7.61. The molecule has 1 aliphatic carbocycles. The van der Waals surface area contributed by atoms with Crippen LogP contribution in [0.4, 0.5) is 5.82 Å². The van der Waals surface area contributed by atoms with Crippen LogP contribution in [0.2, 0.25) is 0 Å². The zero-order valence-electron chi connectivity index (χ0n) is 21.4. The van der Waals surface area contributed by atoms with Crippen LogP contribution in [0, 0.1) is 5.41 Å². The summed E-state index contributed by atoms with van der Waals surface area (Å²) in [5.74, 6) is 1.91. The monoisotopic (exact) mass is 501 g/mol. The van der Waals surface area contributed by atoms with Crippen LogP contribution in [0.15, 0.2) is 53.9 Å². The maximum Gasteiger partial charge on any atom is 0.251 e. The summed E-state index contributed by atoms with van der Waals surface area (Å²) >= 11 is 0. The number of rotatable bonds is 8. The first kappa shape index (κ1) is 25.0. The van der Waals surface area contributed by atoms with Gasteiger partial charge < -0.3 is 25.8 Å². The van der Waals surface area contributed by atoms with E-state index >= 15 is 0 Å². The molecule has 3 aliphatic rings. The van der Waals surface area contributed by atoms with Gasteiger partial charge in [-0.1, -0.05) is 18.7 Å². The number of nitrogens with one attached hydrogen (secondary N) is 2. The predicted molar refractivity (Wildman–Crippen MR) is 146 cm³/mol. The summed E-state index contributed by atoms with van der Waals surface area (Å²) in [5.41, 5.74) is 10.6. The molecule has 4 N–H and O–H groups in total. The summed E-state index contributed by atoms with van der Waals surface area (Å²) in [4.78, 5) is 21.6. The van der Waals surface area contributed by atoms with Gasteiger partial charge in [-0.3, -0.25) is 4.79 Å². The number of aromatic nitrogens is 1. The third-order valence-corrected chi connectivity index (χ3v) is 7.61. The molecule has 2 fully saturated rings. The number of anilines is 1. The van der Waals surface area contributed by atoms with E-state index in [-0.39, 0.29) is 17.8 Å². The van der Waals surface area contributed by atoms with Crippen molar-refractivity contribution in [2.45, 2.75) is 51.6 Å². The minimum absolute atomic E-state index is 0.00505. The van der Waals surface area contributed by atoms with Crippen molar-refractivity contribution in [2.75, 3.05) is 25.1 Å². The van der Waals surface area contributed by atoms with Gasteiger partial charge in [0.15, 0.2) is 0 Å². The molecule has 1 amide bonds. The number of benzene rings is 1. The quantitative estimate of drug-likeness (QED) is 0.467. The second-order valence-electron chi connectivity index (χ2n) is 10.3. The van der Waals surface area contributed by atoms with E-state index in [0.717, 1.165) is 79.1 Å². The summed E-state index contributed by atoms with van der Waals surface area (Å²) in [5, 5.41) is 6.67. The molecule has 0 unspecified atom stereocenters. The fourth-order valence-electron chi connectivity index (χ4n) is 5.53. The first-order chi connectivity index (χ1) is 17.9. The molecule has 1 saturated carbocycles. The van der Waals surface area contributed by atoms with Crippen molar-refractivity contribution in [2.24, 2.45) is 16.1 Å². The van der Waals surface area contributed by atoms with Crippen molar-refractivity contribution < 1.29 is 14.3 Å². The van der Waals surface area contributed by atoms with Crippen LogP contribution in [0.1, 0.15) is 59.7 Å². The molecule has 0 bridgehead atoms. The molecule has 194 valence electrons. The van der Waals surface area contributed by atoms with Gasteiger partial charge in [0.1, 0.15) is 17.4 Å². The Morgan fingerprint density at radius 1 is 1.30 bits per heavy atom. The number of fused-ring (bicyclic) bond motifs is 1. The molecule has 1 saturated heterocycles. The highest BCUT2D eigenvalue weighted by molar-refractivity contribution is 5.94. The summed E-state index contributed by atoms with van der Waals surface area (Å²) in [6, 6.07) is 8.04. The molecule has 3 heterocycles. The number of carbonyl (C=O) groups is 1. The Morgan fingerprint density at radius 2 is 2.11 bits per heavy atom. The molecule has 0 atom stereocenters. The summed E-state index contributed by atoms with van der Waals surface area (Å²) in [6.45, 7) is 8.43. The Balaban J connectivity index is 1.21. The third kappa shape index (κ3) is 5.69. The number of allylic oxidation sites excluding steroid dienone is 2. The predicted octanol–water partition coefficient (Wildman–Crippen LogP) is 4.22. The van der Waals surface area contributed by atoms with Crippen LogP contribution >= 0.6 is 0 Å². The topological polar surface area (TPSA) is 111 Å². The number of pyridine rings is 1. The average Bonchev–Trinajstić information content (AvgIpc) is 3.37. The molecule has 8 nitrogen and oxygen atoms in total. The lowest BCUT2D eigenvalue weighted by molar-refractivity contribution is -0.0434. The molecule has 1 aromatic heterocycles.